The Hall–Kier alpha value is -3.37. The van der Waals surface area contributed by atoms with E-state index in [1.165, 1.54) is 4.31 Å². The van der Waals surface area contributed by atoms with Crippen LogP contribution >= 0.6 is 0 Å². The van der Waals surface area contributed by atoms with Gasteiger partial charge in [-0.1, -0.05) is 48.0 Å². The van der Waals surface area contributed by atoms with Gasteiger partial charge in [0.15, 0.2) is 0 Å². The third-order valence-electron chi connectivity index (χ3n) is 4.53. The Morgan fingerprint density at radius 3 is 2.32 bits per heavy atom. The van der Waals surface area contributed by atoms with Crippen molar-refractivity contribution in [3.8, 4) is 6.07 Å². The minimum atomic E-state index is -3.77. The summed E-state index contributed by atoms with van der Waals surface area (Å²) in [6.45, 7) is 5.55. The molecule has 0 amide bonds. The zero-order valence-electron chi connectivity index (χ0n) is 17.9. The quantitative estimate of drug-likeness (QED) is 0.248. The Labute approximate surface area is 184 Å². The smallest absolute Gasteiger partial charge is 0.348 e. The van der Waals surface area contributed by atoms with Crippen LogP contribution in [0.2, 0.25) is 0 Å². The maximum atomic E-state index is 13.3. The van der Waals surface area contributed by atoms with Gasteiger partial charge >= 0.3 is 5.97 Å². The van der Waals surface area contributed by atoms with Gasteiger partial charge in [0, 0.05) is 0 Å². The molecule has 2 rings (SSSR count). The van der Waals surface area contributed by atoms with Crippen LogP contribution in [0.25, 0.3) is 0 Å². The van der Waals surface area contributed by atoms with Gasteiger partial charge < -0.3 is 4.74 Å². The van der Waals surface area contributed by atoms with Crippen LogP contribution in [0.4, 0.5) is 5.69 Å². The lowest BCUT2D eigenvalue weighted by Crippen LogP contribution is -2.31. The Morgan fingerprint density at radius 1 is 1.10 bits per heavy atom. The number of hydrogen-bond donors (Lipinski definition) is 0. The van der Waals surface area contributed by atoms with E-state index in [0.717, 1.165) is 5.56 Å². The van der Waals surface area contributed by atoms with Gasteiger partial charge in [-0.25, -0.2) is 13.2 Å². The van der Waals surface area contributed by atoms with E-state index >= 15 is 0 Å². The molecule has 0 saturated heterocycles. The van der Waals surface area contributed by atoms with E-state index in [1.54, 1.807) is 74.5 Å². The Morgan fingerprint density at radius 2 is 1.74 bits per heavy atom. The maximum Gasteiger partial charge on any atom is 0.348 e. The van der Waals surface area contributed by atoms with Crippen LogP contribution in [0.1, 0.15) is 25.8 Å². The van der Waals surface area contributed by atoms with Gasteiger partial charge in [0.1, 0.15) is 11.6 Å². The number of carbonyl (C=O) groups is 1. The molecular weight excluding hydrogens is 412 g/mol. The van der Waals surface area contributed by atoms with E-state index in [4.69, 9.17) is 4.74 Å². The zero-order chi connectivity index (χ0) is 22.9. The first-order chi connectivity index (χ1) is 14.8. The second-order valence-corrected chi connectivity index (χ2v) is 8.71. The zero-order valence-corrected chi connectivity index (χ0v) is 18.7. The molecule has 162 valence electrons. The van der Waals surface area contributed by atoms with Gasteiger partial charge in [-0.3, -0.25) is 4.31 Å². The minimum absolute atomic E-state index is 0.0290. The van der Waals surface area contributed by atoms with Gasteiger partial charge in [0.2, 0.25) is 0 Å². The van der Waals surface area contributed by atoms with E-state index in [2.05, 4.69) is 0 Å². The summed E-state index contributed by atoms with van der Waals surface area (Å²) < 4.78 is 32.7. The highest BCUT2D eigenvalue weighted by Crippen LogP contribution is 2.24. The number of anilines is 1. The molecule has 7 heteroatoms. The molecule has 0 aromatic heterocycles. The monoisotopic (exact) mass is 438 g/mol. The number of benzene rings is 2. The van der Waals surface area contributed by atoms with Crippen molar-refractivity contribution in [3.63, 3.8) is 0 Å². The van der Waals surface area contributed by atoms with Crippen molar-refractivity contribution in [1.82, 2.24) is 0 Å². The summed E-state index contributed by atoms with van der Waals surface area (Å²) in [5, 5.41) is 9.22. The highest BCUT2D eigenvalue weighted by molar-refractivity contribution is 7.92. The summed E-state index contributed by atoms with van der Waals surface area (Å²) in [6.07, 6.45) is 3.78. The molecule has 0 atom stereocenters. The van der Waals surface area contributed by atoms with Crippen molar-refractivity contribution >= 4 is 21.7 Å². The first kappa shape index (κ1) is 23.9. The topological polar surface area (TPSA) is 87.5 Å². The predicted octanol–water partition coefficient (Wildman–Crippen LogP) is 4.54. The van der Waals surface area contributed by atoms with Gasteiger partial charge in [-0.2, -0.15) is 5.26 Å². The fourth-order valence-electron chi connectivity index (χ4n) is 2.83. The molecule has 0 unspecified atom stereocenters. The number of allylic oxidation sites excluding steroid dienone is 2. The van der Waals surface area contributed by atoms with Crippen LogP contribution in [0.5, 0.6) is 0 Å². The minimum Gasteiger partial charge on any atom is -0.462 e. The number of esters is 1. The van der Waals surface area contributed by atoms with Crippen LogP contribution in [0, 0.1) is 18.3 Å². The van der Waals surface area contributed by atoms with Crippen molar-refractivity contribution < 1.29 is 17.9 Å². The Bertz CT molecular complexity index is 1100. The summed E-state index contributed by atoms with van der Waals surface area (Å²) in [5.74, 6) is -0.649. The number of nitriles is 1. The van der Waals surface area contributed by atoms with E-state index in [0.29, 0.717) is 17.7 Å². The summed E-state index contributed by atoms with van der Waals surface area (Å²) in [7, 11) is -3.77. The number of nitrogens with zero attached hydrogens (tertiary/aromatic N) is 2. The third kappa shape index (κ3) is 6.30. The lowest BCUT2D eigenvalue weighted by atomic mass is 10.1. The summed E-state index contributed by atoms with van der Waals surface area (Å²) in [6, 6.07) is 17.4. The number of sulfonamides is 1. The van der Waals surface area contributed by atoms with E-state index < -0.39 is 16.0 Å². The van der Waals surface area contributed by atoms with Gasteiger partial charge in [-0.15, -0.1) is 0 Å². The molecule has 0 bridgehead atoms. The van der Waals surface area contributed by atoms with Crippen LogP contribution in [-0.2, 0) is 19.6 Å². The van der Waals surface area contributed by atoms with E-state index in [9.17, 15) is 18.5 Å². The predicted molar refractivity (Wildman–Crippen MR) is 121 cm³/mol. The van der Waals surface area contributed by atoms with Crippen molar-refractivity contribution in [2.75, 3.05) is 17.5 Å². The third-order valence-corrected chi connectivity index (χ3v) is 6.34. The standard InChI is InChI=1S/C24H26N2O4S/c1-4-30-24(27)23(18-25)20(3)10-8-9-17-26(21-11-6-5-7-12-21)31(28,29)22-15-13-19(2)14-16-22/h5-9,11-16H,4,10,17H2,1-3H3/b9-8+,23-20+. The maximum absolute atomic E-state index is 13.3. The normalized spacial score (nSPS) is 12.2. The summed E-state index contributed by atoms with van der Waals surface area (Å²) in [5.41, 5.74) is 2.05. The molecule has 0 aliphatic heterocycles. The number of ether oxygens (including phenoxy) is 1. The Balaban J connectivity index is 2.27. The second-order valence-electron chi connectivity index (χ2n) is 6.85. The average Bonchev–Trinajstić information content (AvgIpc) is 2.75. The molecule has 0 heterocycles. The molecule has 0 aliphatic rings. The molecule has 0 fully saturated rings. The van der Waals surface area contributed by atoms with Gasteiger partial charge in [0.05, 0.1) is 23.7 Å². The van der Waals surface area contributed by atoms with E-state index in [-0.39, 0.29) is 23.6 Å². The average molecular weight is 439 g/mol. The van der Waals surface area contributed by atoms with Gasteiger partial charge in [0.25, 0.3) is 10.0 Å². The van der Waals surface area contributed by atoms with E-state index in [1.807, 2.05) is 19.1 Å². The molecule has 0 N–H and O–H groups in total. The molecule has 2 aromatic rings. The summed E-state index contributed by atoms with van der Waals surface area (Å²) in [4.78, 5) is 12.0. The highest BCUT2D eigenvalue weighted by Gasteiger charge is 2.23. The van der Waals surface area contributed by atoms with Crippen LogP contribution in [-0.4, -0.2) is 27.5 Å². The molecule has 0 aliphatic carbocycles. The molecule has 2 aromatic carbocycles. The number of hydrogen-bond acceptors (Lipinski definition) is 5. The second kappa shape index (κ2) is 11.1. The molecule has 0 spiro atoms. The lowest BCUT2D eigenvalue weighted by molar-refractivity contribution is -0.138. The SMILES string of the molecule is CCOC(=O)/C(C#N)=C(\C)C/C=C/CN(c1ccccc1)S(=O)(=O)c1ccc(C)cc1. The lowest BCUT2D eigenvalue weighted by Gasteiger charge is -2.23. The highest BCUT2D eigenvalue weighted by atomic mass is 32.2. The number of rotatable bonds is 9. The van der Waals surface area contributed by atoms with Crippen molar-refractivity contribution in [3.05, 3.63) is 83.5 Å². The fraction of sp³-hybridized carbons (Fsp3) is 0.250. The number of aryl methyl sites for hydroxylation is 1. The number of para-hydroxylation sites is 1. The van der Waals surface area contributed by atoms with Crippen LogP contribution < -0.4 is 4.31 Å². The molecule has 31 heavy (non-hydrogen) atoms. The van der Waals surface area contributed by atoms with Crippen molar-refractivity contribution in [2.45, 2.75) is 32.1 Å². The summed E-state index contributed by atoms with van der Waals surface area (Å²) >= 11 is 0. The van der Waals surface area contributed by atoms with Crippen molar-refractivity contribution in [2.24, 2.45) is 0 Å². The molecule has 0 saturated carbocycles. The molecule has 0 radical (unpaired) electrons. The van der Waals surface area contributed by atoms with Crippen LogP contribution in [0.3, 0.4) is 0 Å². The Kier molecular flexibility index (Phi) is 8.59. The van der Waals surface area contributed by atoms with Crippen molar-refractivity contribution in [1.29, 1.82) is 5.26 Å². The first-order valence-electron chi connectivity index (χ1n) is 9.87. The van der Waals surface area contributed by atoms with Gasteiger partial charge in [-0.05, 0) is 57.0 Å². The molecule has 6 nitrogen and oxygen atoms in total. The fourth-order valence-corrected chi connectivity index (χ4v) is 4.24. The largest absolute Gasteiger partial charge is 0.462 e. The van der Waals surface area contributed by atoms with Crippen LogP contribution in [0.15, 0.2) is 82.8 Å². The molecular formula is C24H26N2O4S. The first-order valence-corrected chi connectivity index (χ1v) is 11.3. The number of carbonyl (C=O) groups excluding carboxylic acids is 1.